The van der Waals surface area contributed by atoms with E-state index < -0.39 is 0 Å². The fraction of sp³-hybridized carbons (Fsp3) is 0.929. The maximum Gasteiger partial charge on any atom is 0.240 e. The van der Waals surface area contributed by atoms with Crippen molar-refractivity contribution in [2.24, 2.45) is 0 Å². The third kappa shape index (κ3) is 3.04. The third-order valence-electron chi connectivity index (χ3n) is 4.44. The molecular weight excluding hydrogens is 226 g/mol. The zero-order valence-electron chi connectivity index (χ0n) is 11.8. The molecule has 0 radical (unpaired) electrons. The van der Waals surface area contributed by atoms with Crippen LogP contribution in [-0.2, 0) is 4.79 Å². The Morgan fingerprint density at radius 3 is 2.61 bits per heavy atom. The van der Waals surface area contributed by atoms with Crippen LogP contribution in [0.15, 0.2) is 0 Å². The highest BCUT2D eigenvalue weighted by atomic mass is 16.2. The molecule has 0 aromatic heterocycles. The molecule has 4 nitrogen and oxygen atoms in total. The Balaban J connectivity index is 2.04. The summed E-state index contributed by atoms with van der Waals surface area (Å²) in [6, 6.07) is 0.613. The molecule has 1 aliphatic heterocycles. The van der Waals surface area contributed by atoms with Crippen LogP contribution >= 0.6 is 0 Å². The van der Waals surface area contributed by atoms with Crippen LogP contribution in [0.2, 0.25) is 0 Å². The molecule has 18 heavy (non-hydrogen) atoms. The predicted octanol–water partition coefficient (Wildman–Crippen LogP) is 1.07. The Morgan fingerprint density at radius 2 is 1.94 bits per heavy atom. The van der Waals surface area contributed by atoms with E-state index in [1.54, 1.807) is 0 Å². The van der Waals surface area contributed by atoms with Crippen LogP contribution in [0.1, 0.15) is 38.5 Å². The van der Waals surface area contributed by atoms with Gasteiger partial charge in [0.25, 0.3) is 0 Å². The van der Waals surface area contributed by atoms with Gasteiger partial charge in [0.1, 0.15) is 0 Å². The van der Waals surface area contributed by atoms with E-state index >= 15 is 0 Å². The third-order valence-corrected chi connectivity index (χ3v) is 4.44. The highest BCUT2D eigenvalue weighted by Crippen LogP contribution is 2.26. The van der Waals surface area contributed by atoms with Gasteiger partial charge in [-0.2, -0.15) is 0 Å². The first kappa shape index (κ1) is 13.8. The summed E-state index contributed by atoms with van der Waals surface area (Å²) in [7, 11) is 4.05. The van der Waals surface area contributed by atoms with Crippen LogP contribution < -0.4 is 5.32 Å². The van der Waals surface area contributed by atoms with Gasteiger partial charge in [0.15, 0.2) is 0 Å². The zero-order valence-corrected chi connectivity index (χ0v) is 11.8. The fourth-order valence-corrected chi connectivity index (χ4v) is 3.34. The predicted molar refractivity (Wildman–Crippen MR) is 73.5 cm³/mol. The minimum atomic E-state index is 0.0838. The number of hydrogen-bond acceptors (Lipinski definition) is 3. The van der Waals surface area contributed by atoms with E-state index in [-0.39, 0.29) is 6.04 Å². The second kappa shape index (κ2) is 6.53. The molecule has 2 aliphatic rings. The van der Waals surface area contributed by atoms with E-state index in [2.05, 4.69) is 22.2 Å². The number of carbonyl (C=O) groups excluding carboxylic acids is 1. The maximum absolute atomic E-state index is 12.7. The van der Waals surface area contributed by atoms with Crippen molar-refractivity contribution < 1.29 is 4.79 Å². The summed E-state index contributed by atoms with van der Waals surface area (Å²) in [5.41, 5.74) is 0. The molecule has 1 atom stereocenters. The van der Waals surface area contributed by atoms with Crippen molar-refractivity contribution >= 4 is 5.91 Å². The summed E-state index contributed by atoms with van der Waals surface area (Å²) in [6.07, 6.45) is 7.07. The quantitative estimate of drug-likeness (QED) is 0.814. The van der Waals surface area contributed by atoms with Gasteiger partial charge in [-0.3, -0.25) is 9.69 Å². The largest absolute Gasteiger partial charge is 0.338 e. The van der Waals surface area contributed by atoms with E-state index in [4.69, 9.17) is 0 Å². The molecule has 1 aliphatic carbocycles. The molecule has 0 aromatic carbocycles. The van der Waals surface area contributed by atoms with Gasteiger partial charge in [-0.05, 0) is 46.3 Å². The summed E-state index contributed by atoms with van der Waals surface area (Å²) in [5.74, 6) is 0.372. The van der Waals surface area contributed by atoms with Crippen LogP contribution in [0, 0.1) is 0 Å². The molecule has 2 fully saturated rings. The first-order chi connectivity index (χ1) is 8.74. The average molecular weight is 253 g/mol. The van der Waals surface area contributed by atoms with Crippen molar-refractivity contribution in [3.8, 4) is 0 Å². The van der Waals surface area contributed by atoms with Crippen molar-refractivity contribution in [2.45, 2.75) is 50.6 Å². The molecule has 2 rings (SSSR count). The molecule has 0 aromatic rings. The Hall–Kier alpha value is -0.610. The van der Waals surface area contributed by atoms with Crippen LogP contribution in [0.5, 0.6) is 0 Å². The number of amides is 1. The molecule has 1 unspecified atom stereocenters. The normalized spacial score (nSPS) is 27.8. The van der Waals surface area contributed by atoms with Gasteiger partial charge in [-0.15, -0.1) is 0 Å². The van der Waals surface area contributed by atoms with Crippen LogP contribution in [0.4, 0.5) is 0 Å². The summed E-state index contributed by atoms with van der Waals surface area (Å²) < 4.78 is 0. The number of carbonyl (C=O) groups is 1. The number of likely N-dealkylation sites (N-methyl/N-ethyl adjacent to an activating group) is 1. The Labute approximate surface area is 111 Å². The number of rotatable bonds is 4. The molecule has 1 amide bonds. The van der Waals surface area contributed by atoms with Gasteiger partial charge in [0, 0.05) is 19.1 Å². The molecule has 1 heterocycles. The molecule has 104 valence electrons. The van der Waals surface area contributed by atoms with Crippen molar-refractivity contribution in [1.82, 2.24) is 15.1 Å². The Morgan fingerprint density at radius 1 is 1.22 bits per heavy atom. The number of hydrogen-bond donors (Lipinski definition) is 1. The number of nitrogens with one attached hydrogen (secondary N) is 1. The van der Waals surface area contributed by atoms with Crippen LogP contribution in [0.25, 0.3) is 0 Å². The van der Waals surface area contributed by atoms with Gasteiger partial charge in [-0.25, -0.2) is 0 Å². The zero-order chi connectivity index (χ0) is 13.0. The minimum Gasteiger partial charge on any atom is -0.338 e. The molecule has 0 bridgehead atoms. The molecule has 1 saturated carbocycles. The van der Waals surface area contributed by atoms with Gasteiger partial charge in [0.2, 0.25) is 5.91 Å². The standard InChI is InChI=1S/C14H27N3O/c1-15-9-8-13-14(18)17(11-5-10-16(13)2)12-6-3-4-7-12/h12-13,15H,3-11H2,1-2H3. The lowest BCUT2D eigenvalue weighted by Gasteiger charge is -2.32. The smallest absolute Gasteiger partial charge is 0.240 e. The van der Waals surface area contributed by atoms with Crippen molar-refractivity contribution in [1.29, 1.82) is 0 Å². The van der Waals surface area contributed by atoms with E-state index in [0.717, 1.165) is 32.5 Å². The van der Waals surface area contributed by atoms with Gasteiger partial charge < -0.3 is 10.2 Å². The lowest BCUT2D eigenvalue weighted by molar-refractivity contribution is -0.137. The molecule has 4 heteroatoms. The second-order valence-corrected chi connectivity index (χ2v) is 5.71. The summed E-state index contributed by atoms with van der Waals surface area (Å²) >= 11 is 0. The van der Waals surface area contributed by atoms with Gasteiger partial charge in [0.05, 0.1) is 6.04 Å². The van der Waals surface area contributed by atoms with Crippen molar-refractivity contribution in [2.75, 3.05) is 33.7 Å². The van der Waals surface area contributed by atoms with Crippen molar-refractivity contribution in [3.63, 3.8) is 0 Å². The summed E-state index contributed by atoms with van der Waals surface area (Å²) in [6.45, 7) is 2.92. The molecule has 1 saturated heterocycles. The van der Waals surface area contributed by atoms with E-state index in [0.29, 0.717) is 11.9 Å². The first-order valence-corrected chi connectivity index (χ1v) is 7.39. The van der Waals surface area contributed by atoms with E-state index in [1.807, 2.05) is 7.05 Å². The Kier molecular flexibility index (Phi) is 5.01. The molecule has 0 spiro atoms. The SMILES string of the molecule is CNCCC1C(=O)N(C2CCCC2)CCCN1C. The molecule has 1 N–H and O–H groups in total. The maximum atomic E-state index is 12.7. The minimum absolute atomic E-state index is 0.0838. The van der Waals surface area contributed by atoms with Crippen LogP contribution in [-0.4, -0.2) is 61.5 Å². The van der Waals surface area contributed by atoms with Crippen molar-refractivity contribution in [3.05, 3.63) is 0 Å². The summed E-state index contributed by atoms with van der Waals surface area (Å²) in [5, 5.41) is 3.16. The second-order valence-electron chi connectivity index (χ2n) is 5.71. The Bertz CT molecular complexity index is 276. The monoisotopic (exact) mass is 253 g/mol. The summed E-state index contributed by atoms with van der Waals surface area (Å²) in [4.78, 5) is 17.1. The molecular formula is C14H27N3O. The van der Waals surface area contributed by atoms with Gasteiger partial charge in [-0.1, -0.05) is 12.8 Å². The average Bonchev–Trinajstić information content (AvgIpc) is 2.84. The van der Waals surface area contributed by atoms with E-state index in [1.165, 1.54) is 25.7 Å². The highest BCUT2D eigenvalue weighted by Gasteiger charge is 2.34. The fourth-order valence-electron chi connectivity index (χ4n) is 3.34. The lowest BCUT2D eigenvalue weighted by atomic mass is 10.1. The number of nitrogens with zero attached hydrogens (tertiary/aromatic N) is 2. The first-order valence-electron chi connectivity index (χ1n) is 7.39. The highest BCUT2D eigenvalue weighted by molar-refractivity contribution is 5.82. The van der Waals surface area contributed by atoms with E-state index in [9.17, 15) is 4.79 Å². The lowest BCUT2D eigenvalue weighted by Crippen LogP contribution is -2.48. The van der Waals surface area contributed by atoms with Gasteiger partial charge >= 0.3 is 0 Å². The van der Waals surface area contributed by atoms with Crippen LogP contribution in [0.3, 0.4) is 0 Å². The topological polar surface area (TPSA) is 35.6 Å².